The standard InChI is InChI=1S/C17H15ClFNO2/c1-11-8-15(16(22-2)10-14(11)18)20-17(21)7-6-12-4-3-5-13(19)9-12/h3-10H,1-2H3,(H,20,21)/b7-6+. The van der Waals surface area contributed by atoms with Crippen molar-refractivity contribution in [2.75, 3.05) is 12.4 Å². The lowest BCUT2D eigenvalue weighted by atomic mass is 10.2. The molecule has 22 heavy (non-hydrogen) atoms. The van der Waals surface area contributed by atoms with Crippen molar-refractivity contribution in [2.24, 2.45) is 0 Å². The van der Waals surface area contributed by atoms with Crippen LogP contribution < -0.4 is 10.1 Å². The van der Waals surface area contributed by atoms with Crippen LogP contribution >= 0.6 is 11.6 Å². The SMILES string of the molecule is COc1cc(Cl)c(C)cc1NC(=O)/C=C/c1cccc(F)c1. The second kappa shape index (κ2) is 7.09. The Morgan fingerprint density at radius 2 is 2.09 bits per heavy atom. The van der Waals surface area contributed by atoms with Crippen molar-refractivity contribution in [3.63, 3.8) is 0 Å². The van der Waals surface area contributed by atoms with Crippen LogP contribution in [0.3, 0.4) is 0 Å². The number of carbonyl (C=O) groups excluding carboxylic acids is 1. The molecule has 0 heterocycles. The molecule has 0 bridgehead atoms. The van der Waals surface area contributed by atoms with Crippen LogP contribution in [0.15, 0.2) is 42.5 Å². The van der Waals surface area contributed by atoms with E-state index in [0.29, 0.717) is 22.0 Å². The predicted molar refractivity (Wildman–Crippen MR) is 86.8 cm³/mol. The van der Waals surface area contributed by atoms with E-state index in [0.717, 1.165) is 5.56 Å². The Bertz CT molecular complexity index is 729. The summed E-state index contributed by atoms with van der Waals surface area (Å²) in [5.41, 5.74) is 1.96. The number of hydrogen-bond acceptors (Lipinski definition) is 2. The second-order valence-electron chi connectivity index (χ2n) is 4.68. The van der Waals surface area contributed by atoms with Gasteiger partial charge >= 0.3 is 0 Å². The van der Waals surface area contributed by atoms with Crippen molar-refractivity contribution in [2.45, 2.75) is 6.92 Å². The molecule has 0 radical (unpaired) electrons. The van der Waals surface area contributed by atoms with Crippen molar-refractivity contribution in [1.29, 1.82) is 0 Å². The van der Waals surface area contributed by atoms with Gasteiger partial charge in [0.05, 0.1) is 12.8 Å². The van der Waals surface area contributed by atoms with Gasteiger partial charge in [-0.2, -0.15) is 0 Å². The summed E-state index contributed by atoms with van der Waals surface area (Å²) in [6.45, 7) is 1.83. The topological polar surface area (TPSA) is 38.3 Å². The highest BCUT2D eigenvalue weighted by Crippen LogP contribution is 2.30. The Hall–Kier alpha value is -2.33. The highest BCUT2D eigenvalue weighted by molar-refractivity contribution is 6.31. The molecule has 2 rings (SSSR count). The summed E-state index contributed by atoms with van der Waals surface area (Å²) >= 11 is 6.01. The number of rotatable bonds is 4. The van der Waals surface area contributed by atoms with Crippen LogP contribution in [0.4, 0.5) is 10.1 Å². The van der Waals surface area contributed by atoms with Crippen LogP contribution in [0.1, 0.15) is 11.1 Å². The molecule has 3 nitrogen and oxygen atoms in total. The highest BCUT2D eigenvalue weighted by atomic mass is 35.5. The van der Waals surface area contributed by atoms with E-state index in [1.54, 1.807) is 24.3 Å². The summed E-state index contributed by atoms with van der Waals surface area (Å²) in [4.78, 5) is 12.0. The zero-order chi connectivity index (χ0) is 16.1. The van der Waals surface area contributed by atoms with Gasteiger partial charge in [0.15, 0.2) is 0 Å². The number of amides is 1. The molecular weight excluding hydrogens is 305 g/mol. The summed E-state index contributed by atoms with van der Waals surface area (Å²) in [5.74, 6) is -0.218. The zero-order valence-electron chi connectivity index (χ0n) is 12.2. The van der Waals surface area contributed by atoms with E-state index in [-0.39, 0.29) is 11.7 Å². The molecule has 0 aliphatic rings. The molecule has 0 atom stereocenters. The molecule has 1 N–H and O–H groups in total. The fourth-order valence-corrected chi connectivity index (χ4v) is 2.04. The maximum atomic E-state index is 13.1. The van der Waals surface area contributed by atoms with Gasteiger partial charge in [0.25, 0.3) is 0 Å². The van der Waals surface area contributed by atoms with Gasteiger partial charge in [0.2, 0.25) is 5.91 Å². The minimum atomic E-state index is -0.349. The van der Waals surface area contributed by atoms with Crippen LogP contribution in [0, 0.1) is 12.7 Å². The van der Waals surface area contributed by atoms with Crippen LogP contribution in [-0.2, 0) is 4.79 Å². The van der Waals surface area contributed by atoms with E-state index < -0.39 is 0 Å². The fourth-order valence-electron chi connectivity index (χ4n) is 1.89. The molecule has 0 aliphatic heterocycles. The first-order valence-corrected chi connectivity index (χ1v) is 6.96. The van der Waals surface area contributed by atoms with Gasteiger partial charge in [-0.25, -0.2) is 4.39 Å². The summed E-state index contributed by atoms with van der Waals surface area (Å²) in [6, 6.07) is 9.35. The first-order chi connectivity index (χ1) is 10.5. The molecule has 0 aromatic heterocycles. The van der Waals surface area contributed by atoms with Crippen molar-refractivity contribution in [3.05, 3.63) is 64.4 Å². The number of ether oxygens (including phenoxy) is 1. The number of anilines is 1. The third-order valence-corrected chi connectivity index (χ3v) is 3.42. The number of aryl methyl sites for hydroxylation is 1. The van der Waals surface area contributed by atoms with Gasteiger partial charge in [-0.3, -0.25) is 4.79 Å². The van der Waals surface area contributed by atoms with Crippen LogP contribution in [0.25, 0.3) is 6.08 Å². The third kappa shape index (κ3) is 4.09. The summed E-state index contributed by atoms with van der Waals surface area (Å²) < 4.78 is 18.2. The van der Waals surface area contributed by atoms with Crippen LogP contribution in [0.5, 0.6) is 5.75 Å². The molecule has 2 aromatic rings. The third-order valence-electron chi connectivity index (χ3n) is 3.01. The normalized spacial score (nSPS) is 10.7. The molecule has 0 unspecified atom stereocenters. The highest BCUT2D eigenvalue weighted by Gasteiger charge is 2.08. The van der Waals surface area contributed by atoms with Crippen LogP contribution in [-0.4, -0.2) is 13.0 Å². The Morgan fingerprint density at radius 1 is 1.32 bits per heavy atom. The first kappa shape index (κ1) is 16.0. The monoisotopic (exact) mass is 319 g/mol. The summed E-state index contributed by atoms with van der Waals surface area (Å²) in [5, 5.41) is 3.27. The minimum Gasteiger partial charge on any atom is -0.495 e. The molecule has 0 aliphatic carbocycles. The molecule has 1 amide bonds. The lowest BCUT2D eigenvalue weighted by molar-refractivity contribution is -0.111. The quantitative estimate of drug-likeness (QED) is 0.846. The smallest absolute Gasteiger partial charge is 0.248 e. The Balaban J connectivity index is 2.14. The average Bonchev–Trinajstić information content (AvgIpc) is 2.49. The number of methoxy groups -OCH3 is 1. The Morgan fingerprint density at radius 3 is 2.77 bits per heavy atom. The maximum absolute atomic E-state index is 13.1. The molecule has 0 saturated carbocycles. The lowest BCUT2D eigenvalue weighted by Gasteiger charge is -2.11. The van der Waals surface area contributed by atoms with Gasteiger partial charge in [0.1, 0.15) is 11.6 Å². The molecule has 0 saturated heterocycles. The van der Waals surface area contributed by atoms with Gasteiger partial charge in [-0.05, 0) is 42.3 Å². The van der Waals surface area contributed by atoms with Gasteiger partial charge in [-0.1, -0.05) is 23.7 Å². The van der Waals surface area contributed by atoms with Crippen molar-refractivity contribution in [3.8, 4) is 5.75 Å². The van der Waals surface area contributed by atoms with Crippen molar-refractivity contribution in [1.82, 2.24) is 0 Å². The van der Waals surface area contributed by atoms with E-state index >= 15 is 0 Å². The lowest BCUT2D eigenvalue weighted by Crippen LogP contribution is -2.09. The minimum absolute atomic E-state index is 0.343. The zero-order valence-corrected chi connectivity index (χ0v) is 12.9. The molecule has 114 valence electrons. The number of hydrogen-bond donors (Lipinski definition) is 1. The van der Waals surface area contributed by atoms with E-state index in [1.807, 2.05) is 6.92 Å². The van der Waals surface area contributed by atoms with E-state index in [1.165, 1.54) is 31.4 Å². The average molecular weight is 320 g/mol. The fraction of sp³-hybridized carbons (Fsp3) is 0.118. The van der Waals surface area contributed by atoms with Crippen LogP contribution in [0.2, 0.25) is 5.02 Å². The Kier molecular flexibility index (Phi) is 5.17. The summed E-state index contributed by atoms with van der Waals surface area (Å²) in [7, 11) is 1.50. The van der Waals surface area contributed by atoms with E-state index in [2.05, 4.69) is 5.32 Å². The predicted octanol–water partition coefficient (Wildman–Crippen LogP) is 4.45. The number of halogens is 2. The molecule has 0 fully saturated rings. The number of carbonyl (C=O) groups is 1. The van der Waals surface area contributed by atoms with E-state index in [9.17, 15) is 9.18 Å². The number of nitrogens with one attached hydrogen (secondary N) is 1. The Labute approximate surface area is 133 Å². The van der Waals surface area contributed by atoms with Crippen molar-refractivity contribution >= 4 is 29.3 Å². The first-order valence-electron chi connectivity index (χ1n) is 6.58. The molecule has 5 heteroatoms. The van der Waals surface area contributed by atoms with Crippen molar-refractivity contribution < 1.29 is 13.9 Å². The van der Waals surface area contributed by atoms with Gasteiger partial charge < -0.3 is 10.1 Å². The maximum Gasteiger partial charge on any atom is 0.248 e. The van der Waals surface area contributed by atoms with Gasteiger partial charge in [-0.15, -0.1) is 0 Å². The number of benzene rings is 2. The molecular formula is C17H15ClFNO2. The second-order valence-corrected chi connectivity index (χ2v) is 5.09. The summed E-state index contributed by atoms with van der Waals surface area (Å²) in [6.07, 6.45) is 2.87. The largest absolute Gasteiger partial charge is 0.495 e. The van der Waals surface area contributed by atoms with Gasteiger partial charge in [0, 0.05) is 17.2 Å². The molecule has 0 spiro atoms. The van der Waals surface area contributed by atoms with E-state index in [4.69, 9.17) is 16.3 Å². The molecule has 2 aromatic carbocycles.